The molecule has 70 valence electrons. The maximum atomic E-state index is 4.11. The summed E-state index contributed by atoms with van der Waals surface area (Å²) in [7, 11) is 2.04. The number of nitrogens with zero attached hydrogens (tertiary/aromatic N) is 1. The van der Waals surface area contributed by atoms with E-state index in [4.69, 9.17) is 0 Å². The molecular weight excluding hydrogens is 160 g/mol. The van der Waals surface area contributed by atoms with Gasteiger partial charge < -0.3 is 5.32 Å². The molecule has 1 saturated carbocycles. The van der Waals surface area contributed by atoms with Gasteiger partial charge in [0.2, 0.25) is 0 Å². The lowest BCUT2D eigenvalue weighted by Crippen LogP contribution is -2.19. The molecule has 1 atom stereocenters. The summed E-state index contributed by atoms with van der Waals surface area (Å²) < 4.78 is 0. The number of pyridine rings is 1. The van der Waals surface area contributed by atoms with E-state index >= 15 is 0 Å². The van der Waals surface area contributed by atoms with Crippen molar-refractivity contribution in [1.29, 1.82) is 0 Å². The normalized spacial score (nSPS) is 18.6. The van der Waals surface area contributed by atoms with Crippen molar-refractivity contribution >= 4 is 0 Å². The zero-order chi connectivity index (χ0) is 9.26. The van der Waals surface area contributed by atoms with Crippen LogP contribution in [0, 0.1) is 12.8 Å². The molecular formula is C11H16N2. The van der Waals surface area contributed by atoms with Crippen LogP contribution in [0.25, 0.3) is 0 Å². The summed E-state index contributed by atoms with van der Waals surface area (Å²) in [4.78, 5) is 4.11. The van der Waals surface area contributed by atoms with E-state index in [0.717, 1.165) is 5.92 Å². The highest BCUT2D eigenvalue weighted by Crippen LogP contribution is 2.41. The van der Waals surface area contributed by atoms with E-state index in [2.05, 4.69) is 23.3 Å². The van der Waals surface area contributed by atoms with Crippen LogP contribution in [0.2, 0.25) is 0 Å². The van der Waals surface area contributed by atoms with Crippen LogP contribution in [-0.4, -0.2) is 12.0 Å². The first-order valence-electron chi connectivity index (χ1n) is 4.90. The molecule has 0 amide bonds. The molecule has 1 N–H and O–H groups in total. The van der Waals surface area contributed by atoms with E-state index in [1.165, 1.54) is 24.0 Å². The maximum absolute atomic E-state index is 4.11. The number of aromatic nitrogens is 1. The van der Waals surface area contributed by atoms with Crippen LogP contribution in [0.3, 0.4) is 0 Å². The number of aryl methyl sites for hydroxylation is 1. The van der Waals surface area contributed by atoms with Crippen LogP contribution in [0.5, 0.6) is 0 Å². The molecule has 0 bridgehead atoms. The summed E-state index contributed by atoms with van der Waals surface area (Å²) >= 11 is 0. The summed E-state index contributed by atoms with van der Waals surface area (Å²) in [6.07, 6.45) is 6.57. The van der Waals surface area contributed by atoms with Crippen LogP contribution in [-0.2, 0) is 0 Å². The Kier molecular flexibility index (Phi) is 2.32. The van der Waals surface area contributed by atoms with Crippen LogP contribution in [0.1, 0.15) is 30.0 Å². The van der Waals surface area contributed by atoms with Gasteiger partial charge in [-0.2, -0.15) is 0 Å². The van der Waals surface area contributed by atoms with E-state index in [0.29, 0.717) is 6.04 Å². The fourth-order valence-corrected chi connectivity index (χ4v) is 1.91. The highest BCUT2D eigenvalue weighted by molar-refractivity contribution is 5.26. The van der Waals surface area contributed by atoms with E-state index in [-0.39, 0.29) is 0 Å². The molecule has 1 aliphatic rings. The lowest BCUT2D eigenvalue weighted by molar-refractivity contribution is 0.526. The van der Waals surface area contributed by atoms with Gasteiger partial charge in [0.25, 0.3) is 0 Å². The van der Waals surface area contributed by atoms with Crippen LogP contribution in [0.15, 0.2) is 18.5 Å². The second-order valence-corrected chi connectivity index (χ2v) is 3.84. The van der Waals surface area contributed by atoms with Crippen molar-refractivity contribution in [2.45, 2.75) is 25.8 Å². The van der Waals surface area contributed by atoms with Gasteiger partial charge in [-0.15, -0.1) is 0 Å². The molecule has 1 aliphatic carbocycles. The first-order chi connectivity index (χ1) is 6.33. The van der Waals surface area contributed by atoms with Gasteiger partial charge in [0.1, 0.15) is 0 Å². The van der Waals surface area contributed by atoms with Crippen molar-refractivity contribution in [3.63, 3.8) is 0 Å². The van der Waals surface area contributed by atoms with Crippen molar-refractivity contribution < 1.29 is 0 Å². The van der Waals surface area contributed by atoms with Crippen molar-refractivity contribution in [2.24, 2.45) is 5.92 Å². The Bertz CT molecular complexity index is 292. The molecule has 1 fully saturated rings. The second kappa shape index (κ2) is 3.46. The van der Waals surface area contributed by atoms with Gasteiger partial charge in [0, 0.05) is 18.4 Å². The first kappa shape index (κ1) is 8.70. The summed E-state index contributed by atoms with van der Waals surface area (Å²) in [5, 5.41) is 3.39. The minimum absolute atomic E-state index is 0.544. The quantitative estimate of drug-likeness (QED) is 0.762. The average molecular weight is 176 g/mol. The summed E-state index contributed by atoms with van der Waals surface area (Å²) in [5.41, 5.74) is 2.72. The SMILES string of the molecule is CNC(c1ccncc1C)C1CC1. The summed E-state index contributed by atoms with van der Waals surface area (Å²) in [5.74, 6) is 0.853. The van der Waals surface area contributed by atoms with Gasteiger partial charge in [-0.3, -0.25) is 4.98 Å². The Balaban J connectivity index is 2.26. The minimum Gasteiger partial charge on any atom is -0.313 e. The standard InChI is InChI=1S/C11H16N2/c1-8-7-13-6-5-10(8)11(12-2)9-3-4-9/h5-7,9,11-12H,3-4H2,1-2H3. The predicted octanol–water partition coefficient (Wildman–Crippen LogP) is 2.06. The first-order valence-corrected chi connectivity index (χ1v) is 4.90. The van der Waals surface area contributed by atoms with Crippen LogP contribution in [0.4, 0.5) is 0 Å². The molecule has 0 radical (unpaired) electrons. The lowest BCUT2D eigenvalue weighted by Gasteiger charge is -2.17. The van der Waals surface area contributed by atoms with E-state index in [1.54, 1.807) is 0 Å². The third kappa shape index (κ3) is 1.73. The number of rotatable bonds is 3. The highest BCUT2D eigenvalue weighted by Gasteiger charge is 2.31. The molecule has 13 heavy (non-hydrogen) atoms. The third-order valence-corrected chi connectivity index (χ3v) is 2.80. The molecule has 0 saturated heterocycles. The Morgan fingerprint density at radius 2 is 2.31 bits per heavy atom. The molecule has 2 nitrogen and oxygen atoms in total. The molecule has 1 heterocycles. The molecule has 1 unspecified atom stereocenters. The molecule has 1 aromatic rings. The van der Waals surface area contributed by atoms with E-state index < -0.39 is 0 Å². The van der Waals surface area contributed by atoms with E-state index in [9.17, 15) is 0 Å². The van der Waals surface area contributed by atoms with Gasteiger partial charge in [-0.1, -0.05) is 0 Å². The van der Waals surface area contributed by atoms with Gasteiger partial charge in [0.05, 0.1) is 0 Å². The van der Waals surface area contributed by atoms with E-state index in [1.807, 2.05) is 19.4 Å². The third-order valence-electron chi connectivity index (χ3n) is 2.80. The monoisotopic (exact) mass is 176 g/mol. The van der Waals surface area contributed by atoms with Crippen LogP contribution >= 0.6 is 0 Å². The maximum Gasteiger partial charge on any atom is 0.0349 e. The summed E-state index contributed by atoms with van der Waals surface area (Å²) in [6.45, 7) is 2.13. The molecule has 2 rings (SSSR count). The second-order valence-electron chi connectivity index (χ2n) is 3.84. The van der Waals surface area contributed by atoms with Gasteiger partial charge in [0.15, 0.2) is 0 Å². The molecule has 2 heteroatoms. The Morgan fingerprint density at radius 1 is 1.54 bits per heavy atom. The number of hydrogen-bond donors (Lipinski definition) is 1. The predicted molar refractivity (Wildman–Crippen MR) is 53.5 cm³/mol. The van der Waals surface area contributed by atoms with Crippen LogP contribution < -0.4 is 5.32 Å². The molecule has 0 spiro atoms. The largest absolute Gasteiger partial charge is 0.313 e. The van der Waals surface area contributed by atoms with Crippen molar-refractivity contribution in [3.8, 4) is 0 Å². The summed E-state index contributed by atoms with van der Waals surface area (Å²) in [6, 6.07) is 2.68. The zero-order valence-corrected chi connectivity index (χ0v) is 8.25. The van der Waals surface area contributed by atoms with Crippen molar-refractivity contribution in [3.05, 3.63) is 29.6 Å². The fourth-order valence-electron chi connectivity index (χ4n) is 1.91. The average Bonchev–Trinajstić information content (AvgIpc) is 2.93. The molecule has 1 aromatic heterocycles. The Morgan fingerprint density at radius 3 is 2.85 bits per heavy atom. The molecule has 0 aliphatic heterocycles. The number of hydrogen-bond acceptors (Lipinski definition) is 2. The van der Waals surface area contributed by atoms with Gasteiger partial charge >= 0.3 is 0 Å². The zero-order valence-electron chi connectivity index (χ0n) is 8.25. The minimum atomic E-state index is 0.544. The fraction of sp³-hybridized carbons (Fsp3) is 0.545. The van der Waals surface area contributed by atoms with Gasteiger partial charge in [-0.25, -0.2) is 0 Å². The Hall–Kier alpha value is -0.890. The lowest BCUT2D eigenvalue weighted by atomic mass is 10.00. The van der Waals surface area contributed by atoms with Gasteiger partial charge in [-0.05, 0) is 49.9 Å². The smallest absolute Gasteiger partial charge is 0.0349 e. The van der Waals surface area contributed by atoms with Crippen molar-refractivity contribution in [1.82, 2.24) is 10.3 Å². The Labute approximate surface area is 79.4 Å². The van der Waals surface area contributed by atoms with Crippen molar-refractivity contribution in [2.75, 3.05) is 7.05 Å². The topological polar surface area (TPSA) is 24.9 Å². The number of nitrogens with one attached hydrogen (secondary N) is 1. The molecule has 0 aromatic carbocycles. The highest BCUT2D eigenvalue weighted by atomic mass is 14.9.